The zero-order chi connectivity index (χ0) is 12.7. The average molecular weight is 231 g/mol. The molecular formula is C13H13NO3. The maximum atomic E-state index is 10.8. The van der Waals surface area contributed by atoms with E-state index in [1.807, 2.05) is 30.3 Å². The van der Waals surface area contributed by atoms with Crippen LogP contribution in [-0.2, 0) is 9.59 Å². The van der Waals surface area contributed by atoms with Gasteiger partial charge in [-0.25, -0.2) is 4.79 Å². The first kappa shape index (κ1) is 12.7. The molecule has 88 valence electrons. The molecule has 1 rings (SSSR count). The predicted molar refractivity (Wildman–Crippen MR) is 65.0 cm³/mol. The summed E-state index contributed by atoms with van der Waals surface area (Å²) in [5.41, 5.74) is 0.806. The maximum absolute atomic E-state index is 10.8. The van der Waals surface area contributed by atoms with E-state index in [4.69, 9.17) is 5.11 Å². The van der Waals surface area contributed by atoms with E-state index in [-0.39, 0.29) is 5.70 Å². The Labute approximate surface area is 99.3 Å². The van der Waals surface area contributed by atoms with Crippen molar-refractivity contribution in [3.8, 4) is 0 Å². The Balaban J connectivity index is 2.76. The highest BCUT2D eigenvalue weighted by Crippen LogP contribution is 2.01. The van der Waals surface area contributed by atoms with Crippen molar-refractivity contribution in [2.75, 3.05) is 0 Å². The second-order valence-electron chi connectivity index (χ2n) is 3.34. The number of carboxylic acid groups (broad SMARTS) is 1. The van der Waals surface area contributed by atoms with Gasteiger partial charge in [0.25, 0.3) is 0 Å². The number of hydrogen-bond donors (Lipinski definition) is 2. The summed E-state index contributed by atoms with van der Waals surface area (Å²) in [5.74, 6) is -1.58. The minimum atomic E-state index is -1.17. The number of nitrogens with one attached hydrogen (secondary N) is 1. The highest BCUT2D eigenvalue weighted by Gasteiger charge is 2.06. The Kier molecular flexibility index (Phi) is 4.69. The van der Waals surface area contributed by atoms with Crippen molar-refractivity contribution >= 4 is 18.0 Å². The number of carbonyl (C=O) groups is 2. The third-order valence-corrected chi connectivity index (χ3v) is 1.89. The fraction of sp³-hybridized carbons (Fsp3) is 0.0769. The first-order chi connectivity index (χ1) is 8.09. The van der Waals surface area contributed by atoms with E-state index in [0.717, 1.165) is 5.56 Å². The summed E-state index contributed by atoms with van der Waals surface area (Å²) in [6, 6.07) is 9.45. The van der Waals surface area contributed by atoms with Crippen molar-refractivity contribution in [3.63, 3.8) is 0 Å². The van der Waals surface area contributed by atoms with Crippen LogP contribution < -0.4 is 5.32 Å². The summed E-state index contributed by atoms with van der Waals surface area (Å²) in [5, 5.41) is 11.0. The molecule has 0 aliphatic rings. The SMILES string of the molecule is CC(=O)NC(=CC=Cc1ccccc1)C(=O)O. The summed E-state index contributed by atoms with van der Waals surface area (Å²) in [6.45, 7) is 1.26. The summed E-state index contributed by atoms with van der Waals surface area (Å²) < 4.78 is 0. The van der Waals surface area contributed by atoms with Crippen molar-refractivity contribution in [2.45, 2.75) is 6.92 Å². The smallest absolute Gasteiger partial charge is 0.352 e. The van der Waals surface area contributed by atoms with Crippen molar-refractivity contribution in [1.29, 1.82) is 0 Å². The fourth-order valence-corrected chi connectivity index (χ4v) is 1.18. The molecule has 4 heteroatoms. The molecule has 0 bridgehead atoms. The Bertz CT molecular complexity index is 461. The summed E-state index contributed by atoms with van der Waals surface area (Å²) in [4.78, 5) is 21.5. The highest BCUT2D eigenvalue weighted by atomic mass is 16.4. The molecule has 0 unspecified atom stereocenters. The van der Waals surface area contributed by atoms with Gasteiger partial charge in [0.1, 0.15) is 5.70 Å². The molecule has 17 heavy (non-hydrogen) atoms. The average Bonchev–Trinajstić information content (AvgIpc) is 2.28. The van der Waals surface area contributed by atoms with Gasteiger partial charge in [0.2, 0.25) is 5.91 Å². The second kappa shape index (κ2) is 6.27. The Morgan fingerprint density at radius 2 is 1.88 bits per heavy atom. The van der Waals surface area contributed by atoms with Crippen molar-refractivity contribution in [2.24, 2.45) is 0 Å². The van der Waals surface area contributed by atoms with E-state index in [1.54, 1.807) is 12.2 Å². The highest BCUT2D eigenvalue weighted by molar-refractivity contribution is 5.92. The summed E-state index contributed by atoms with van der Waals surface area (Å²) in [7, 11) is 0. The lowest BCUT2D eigenvalue weighted by molar-refractivity contribution is -0.134. The normalized spacial score (nSPS) is 11.5. The van der Waals surface area contributed by atoms with Gasteiger partial charge in [0.05, 0.1) is 0 Å². The first-order valence-corrected chi connectivity index (χ1v) is 5.04. The van der Waals surface area contributed by atoms with Crippen LogP contribution >= 0.6 is 0 Å². The van der Waals surface area contributed by atoms with Crippen molar-refractivity contribution in [3.05, 3.63) is 53.7 Å². The summed E-state index contributed by atoms with van der Waals surface area (Å²) >= 11 is 0. The number of amides is 1. The van der Waals surface area contributed by atoms with Gasteiger partial charge in [-0.05, 0) is 11.6 Å². The molecule has 0 spiro atoms. The molecule has 0 saturated heterocycles. The van der Waals surface area contributed by atoms with E-state index >= 15 is 0 Å². The third-order valence-electron chi connectivity index (χ3n) is 1.89. The molecule has 0 fully saturated rings. The van der Waals surface area contributed by atoms with Crippen LogP contribution in [-0.4, -0.2) is 17.0 Å². The van der Waals surface area contributed by atoms with Gasteiger partial charge in [-0.15, -0.1) is 0 Å². The largest absolute Gasteiger partial charge is 0.477 e. The molecule has 0 aliphatic carbocycles. The zero-order valence-corrected chi connectivity index (χ0v) is 9.38. The van der Waals surface area contributed by atoms with Crippen LogP contribution in [0.4, 0.5) is 0 Å². The molecule has 0 atom stereocenters. The number of benzene rings is 1. The standard InChI is InChI=1S/C13H13NO3/c1-10(15)14-12(13(16)17)9-5-8-11-6-3-2-4-7-11/h2-9H,1H3,(H,14,15)(H,16,17). The molecule has 1 aromatic carbocycles. The van der Waals surface area contributed by atoms with Crippen LogP contribution in [0.15, 0.2) is 48.2 Å². The molecule has 1 amide bonds. The number of rotatable bonds is 4. The predicted octanol–water partition coefficient (Wildman–Crippen LogP) is 1.80. The molecule has 0 radical (unpaired) electrons. The van der Waals surface area contributed by atoms with E-state index in [1.165, 1.54) is 13.0 Å². The minimum absolute atomic E-state index is 0.148. The van der Waals surface area contributed by atoms with Gasteiger partial charge < -0.3 is 10.4 Å². The lowest BCUT2D eigenvalue weighted by Gasteiger charge is -2.00. The molecule has 0 aromatic heterocycles. The van der Waals surface area contributed by atoms with E-state index < -0.39 is 11.9 Å². The third kappa shape index (κ3) is 4.79. The summed E-state index contributed by atoms with van der Waals surface area (Å²) in [6.07, 6.45) is 4.68. The number of allylic oxidation sites excluding steroid dienone is 2. The first-order valence-electron chi connectivity index (χ1n) is 5.04. The maximum Gasteiger partial charge on any atom is 0.352 e. The lowest BCUT2D eigenvalue weighted by atomic mass is 10.2. The number of carboxylic acids is 1. The van der Waals surface area contributed by atoms with Gasteiger partial charge in [-0.3, -0.25) is 4.79 Å². The van der Waals surface area contributed by atoms with E-state index in [0.29, 0.717) is 0 Å². The van der Waals surface area contributed by atoms with E-state index in [9.17, 15) is 9.59 Å². The zero-order valence-electron chi connectivity index (χ0n) is 9.38. The molecule has 0 heterocycles. The molecule has 0 saturated carbocycles. The molecule has 1 aromatic rings. The van der Waals surface area contributed by atoms with Gasteiger partial charge in [0, 0.05) is 6.92 Å². The van der Waals surface area contributed by atoms with Crippen LogP contribution in [0.3, 0.4) is 0 Å². The number of aliphatic carboxylic acids is 1. The molecular weight excluding hydrogens is 218 g/mol. The molecule has 0 aliphatic heterocycles. The topological polar surface area (TPSA) is 66.4 Å². The van der Waals surface area contributed by atoms with E-state index in [2.05, 4.69) is 5.32 Å². The van der Waals surface area contributed by atoms with Crippen molar-refractivity contribution in [1.82, 2.24) is 5.32 Å². The molecule has 2 N–H and O–H groups in total. The monoisotopic (exact) mass is 231 g/mol. The van der Waals surface area contributed by atoms with Crippen LogP contribution in [0.1, 0.15) is 12.5 Å². The molecule has 4 nitrogen and oxygen atoms in total. The lowest BCUT2D eigenvalue weighted by Crippen LogP contribution is -2.24. The van der Waals surface area contributed by atoms with Crippen LogP contribution in [0.25, 0.3) is 6.08 Å². The van der Waals surface area contributed by atoms with Gasteiger partial charge in [-0.2, -0.15) is 0 Å². The Morgan fingerprint density at radius 1 is 1.24 bits per heavy atom. The second-order valence-corrected chi connectivity index (χ2v) is 3.34. The number of carbonyl (C=O) groups excluding carboxylic acids is 1. The van der Waals surface area contributed by atoms with Crippen LogP contribution in [0.2, 0.25) is 0 Å². The van der Waals surface area contributed by atoms with Crippen LogP contribution in [0, 0.1) is 0 Å². The minimum Gasteiger partial charge on any atom is -0.477 e. The van der Waals surface area contributed by atoms with Gasteiger partial charge in [0.15, 0.2) is 0 Å². The van der Waals surface area contributed by atoms with Gasteiger partial charge in [-0.1, -0.05) is 42.5 Å². The van der Waals surface area contributed by atoms with Crippen LogP contribution in [0.5, 0.6) is 0 Å². The number of hydrogen-bond acceptors (Lipinski definition) is 2. The van der Waals surface area contributed by atoms with Gasteiger partial charge >= 0.3 is 5.97 Å². The Hall–Kier alpha value is -2.36. The fourth-order valence-electron chi connectivity index (χ4n) is 1.18. The van der Waals surface area contributed by atoms with Crippen molar-refractivity contribution < 1.29 is 14.7 Å². The quantitative estimate of drug-likeness (QED) is 0.613. The Morgan fingerprint density at radius 3 is 2.41 bits per heavy atom.